The Labute approximate surface area is 181 Å². The normalized spacial score (nSPS) is 11.7. The van der Waals surface area contributed by atoms with Gasteiger partial charge in [0, 0.05) is 22.0 Å². The minimum absolute atomic E-state index is 0.161. The van der Waals surface area contributed by atoms with E-state index in [1.807, 2.05) is 16.8 Å². The molecule has 2 heterocycles. The number of hydrogen-bond donors (Lipinski definition) is 1. The molecule has 0 spiro atoms. The highest BCUT2D eigenvalue weighted by atomic mass is 32.1. The van der Waals surface area contributed by atoms with Gasteiger partial charge in [0.05, 0.1) is 11.7 Å². The number of thiazole rings is 1. The van der Waals surface area contributed by atoms with E-state index in [0.717, 1.165) is 10.6 Å². The van der Waals surface area contributed by atoms with Crippen molar-refractivity contribution < 1.29 is 23.9 Å². The number of rotatable bonds is 7. The average molecular weight is 445 g/mol. The molecule has 1 atom stereocenters. The Morgan fingerprint density at radius 1 is 0.967 bits per heavy atom. The maximum absolute atomic E-state index is 12.3. The van der Waals surface area contributed by atoms with Gasteiger partial charge in [-0.1, -0.05) is 0 Å². The number of aromatic nitrogens is 1. The van der Waals surface area contributed by atoms with E-state index in [1.54, 1.807) is 54.8 Å². The van der Waals surface area contributed by atoms with Gasteiger partial charge in [0.1, 0.15) is 5.01 Å². The molecule has 0 bridgehead atoms. The van der Waals surface area contributed by atoms with Crippen LogP contribution in [0.3, 0.4) is 0 Å². The molecule has 1 amide bonds. The Bertz CT molecular complexity index is 1030. The van der Waals surface area contributed by atoms with Crippen LogP contribution in [-0.2, 0) is 14.3 Å². The number of anilines is 1. The lowest BCUT2D eigenvalue weighted by molar-refractivity contribution is -0.123. The molecule has 0 radical (unpaired) electrons. The number of nitrogens with one attached hydrogen (secondary N) is 1. The molecule has 156 valence electrons. The van der Waals surface area contributed by atoms with Crippen LogP contribution in [0.2, 0.25) is 0 Å². The first-order valence-electron chi connectivity index (χ1n) is 9.14. The average Bonchev–Trinajstić information content (AvgIpc) is 3.39. The Hall–Kier alpha value is -3.04. The summed E-state index contributed by atoms with van der Waals surface area (Å²) in [5.41, 5.74) is 1.95. The topological polar surface area (TPSA) is 94.6 Å². The molecular formula is C21H20N2O5S2. The number of amides is 1. The number of esters is 2. The minimum atomic E-state index is -1.02. The monoisotopic (exact) mass is 444 g/mol. The molecule has 0 saturated carbocycles. The summed E-state index contributed by atoms with van der Waals surface area (Å²) in [7, 11) is 0. The fourth-order valence-corrected chi connectivity index (χ4v) is 3.88. The summed E-state index contributed by atoms with van der Waals surface area (Å²) in [4.78, 5) is 40.8. The van der Waals surface area contributed by atoms with Crippen molar-refractivity contribution >= 4 is 46.2 Å². The molecule has 3 rings (SSSR count). The van der Waals surface area contributed by atoms with Gasteiger partial charge in [0.15, 0.2) is 11.8 Å². The number of hydrogen-bond acceptors (Lipinski definition) is 8. The fraction of sp³-hybridized carbons (Fsp3) is 0.238. The van der Waals surface area contributed by atoms with E-state index in [9.17, 15) is 14.4 Å². The predicted molar refractivity (Wildman–Crippen MR) is 116 cm³/mol. The van der Waals surface area contributed by atoms with Gasteiger partial charge in [-0.15, -0.1) is 11.3 Å². The molecule has 0 fully saturated rings. The van der Waals surface area contributed by atoms with Gasteiger partial charge in [-0.3, -0.25) is 4.79 Å². The van der Waals surface area contributed by atoms with Crippen LogP contribution >= 0.6 is 22.7 Å². The van der Waals surface area contributed by atoms with Crippen LogP contribution in [0.4, 0.5) is 5.69 Å². The molecule has 3 aromatic rings. The van der Waals surface area contributed by atoms with E-state index >= 15 is 0 Å². The lowest BCUT2D eigenvalue weighted by Gasteiger charge is -2.13. The van der Waals surface area contributed by atoms with Crippen molar-refractivity contribution in [3.05, 3.63) is 57.7 Å². The van der Waals surface area contributed by atoms with Crippen molar-refractivity contribution in [3.8, 4) is 10.6 Å². The van der Waals surface area contributed by atoms with Crippen molar-refractivity contribution in [3.63, 3.8) is 0 Å². The molecule has 0 unspecified atom stereocenters. The number of ether oxygens (including phenoxy) is 2. The Kier molecular flexibility index (Phi) is 6.96. The molecule has 7 nitrogen and oxygen atoms in total. The molecule has 30 heavy (non-hydrogen) atoms. The van der Waals surface area contributed by atoms with E-state index in [4.69, 9.17) is 9.47 Å². The Balaban J connectivity index is 1.55. The summed E-state index contributed by atoms with van der Waals surface area (Å²) >= 11 is 2.88. The summed E-state index contributed by atoms with van der Waals surface area (Å²) in [6, 6.07) is 8.19. The van der Waals surface area contributed by atoms with Crippen LogP contribution < -0.4 is 5.32 Å². The van der Waals surface area contributed by atoms with Crippen molar-refractivity contribution in [1.82, 2.24) is 4.98 Å². The van der Waals surface area contributed by atoms with Gasteiger partial charge in [-0.05, 0) is 56.5 Å². The third-order valence-electron chi connectivity index (χ3n) is 3.87. The van der Waals surface area contributed by atoms with Crippen LogP contribution in [0.5, 0.6) is 0 Å². The third-order valence-corrected chi connectivity index (χ3v) is 5.44. The second kappa shape index (κ2) is 9.64. The van der Waals surface area contributed by atoms with Gasteiger partial charge in [-0.25, -0.2) is 14.6 Å². The standard InChI is InChI=1S/C21H20N2O5S2/c1-12(2)27-20(25)14-4-6-16(7-5-14)22-18(24)13(3)28-21(26)17-11-30-19(23-17)15-8-9-29-10-15/h4-13H,1-3H3,(H,22,24)/t13-/m0/s1. The first-order valence-corrected chi connectivity index (χ1v) is 11.0. The molecule has 1 aromatic carbocycles. The maximum Gasteiger partial charge on any atom is 0.358 e. The van der Waals surface area contributed by atoms with Crippen LogP contribution in [0, 0.1) is 0 Å². The summed E-state index contributed by atoms with van der Waals surface area (Å²) in [6.07, 6.45) is -1.24. The zero-order chi connectivity index (χ0) is 21.7. The van der Waals surface area contributed by atoms with Gasteiger partial charge >= 0.3 is 11.9 Å². The highest BCUT2D eigenvalue weighted by molar-refractivity contribution is 7.14. The Morgan fingerprint density at radius 3 is 2.33 bits per heavy atom. The molecule has 2 aromatic heterocycles. The summed E-state index contributed by atoms with van der Waals surface area (Å²) < 4.78 is 10.3. The van der Waals surface area contributed by atoms with E-state index in [1.165, 1.54) is 18.3 Å². The van der Waals surface area contributed by atoms with Crippen LogP contribution in [-0.4, -0.2) is 35.0 Å². The molecule has 9 heteroatoms. The van der Waals surface area contributed by atoms with E-state index in [0.29, 0.717) is 11.3 Å². The van der Waals surface area contributed by atoms with Crippen molar-refractivity contribution in [2.24, 2.45) is 0 Å². The number of carbonyl (C=O) groups excluding carboxylic acids is 3. The summed E-state index contributed by atoms with van der Waals surface area (Å²) in [6.45, 7) is 5.02. The van der Waals surface area contributed by atoms with Crippen LogP contribution in [0.25, 0.3) is 10.6 Å². The first-order chi connectivity index (χ1) is 14.3. The van der Waals surface area contributed by atoms with E-state index in [2.05, 4.69) is 10.3 Å². The minimum Gasteiger partial charge on any atom is -0.459 e. The second-order valence-electron chi connectivity index (χ2n) is 6.62. The van der Waals surface area contributed by atoms with Gasteiger partial charge in [-0.2, -0.15) is 11.3 Å². The van der Waals surface area contributed by atoms with E-state index in [-0.39, 0.29) is 11.8 Å². The molecule has 0 saturated heterocycles. The second-order valence-corrected chi connectivity index (χ2v) is 8.26. The number of thiophene rings is 1. The highest BCUT2D eigenvalue weighted by Gasteiger charge is 2.21. The van der Waals surface area contributed by atoms with Crippen molar-refractivity contribution in [2.45, 2.75) is 33.0 Å². The first kappa shape index (κ1) is 21.7. The number of benzene rings is 1. The van der Waals surface area contributed by atoms with Gasteiger partial charge in [0.2, 0.25) is 0 Å². The summed E-state index contributed by atoms with van der Waals surface area (Å²) in [5.74, 6) is -1.59. The lowest BCUT2D eigenvalue weighted by atomic mass is 10.2. The fourth-order valence-electron chi connectivity index (χ4n) is 2.38. The molecule has 0 aliphatic carbocycles. The predicted octanol–water partition coefficient (Wildman–Crippen LogP) is 4.62. The van der Waals surface area contributed by atoms with Gasteiger partial charge < -0.3 is 14.8 Å². The Morgan fingerprint density at radius 2 is 1.70 bits per heavy atom. The number of carbonyl (C=O) groups is 3. The van der Waals surface area contributed by atoms with Crippen molar-refractivity contribution in [2.75, 3.05) is 5.32 Å². The van der Waals surface area contributed by atoms with E-state index < -0.39 is 23.9 Å². The van der Waals surface area contributed by atoms with Crippen LogP contribution in [0.1, 0.15) is 41.6 Å². The lowest BCUT2D eigenvalue weighted by Crippen LogP contribution is -2.30. The van der Waals surface area contributed by atoms with Crippen molar-refractivity contribution in [1.29, 1.82) is 0 Å². The molecule has 1 N–H and O–H groups in total. The van der Waals surface area contributed by atoms with Crippen LogP contribution in [0.15, 0.2) is 46.5 Å². The zero-order valence-corrected chi connectivity index (χ0v) is 18.2. The largest absolute Gasteiger partial charge is 0.459 e. The SMILES string of the molecule is CC(C)OC(=O)c1ccc(NC(=O)[C@H](C)OC(=O)c2csc(-c3ccsc3)n2)cc1. The molecule has 0 aliphatic heterocycles. The van der Waals surface area contributed by atoms with Gasteiger partial charge in [0.25, 0.3) is 5.91 Å². The molecule has 0 aliphatic rings. The third kappa shape index (κ3) is 5.52. The number of nitrogens with zero attached hydrogens (tertiary/aromatic N) is 1. The smallest absolute Gasteiger partial charge is 0.358 e. The highest BCUT2D eigenvalue weighted by Crippen LogP contribution is 2.26. The zero-order valence-electron chi connectivity index (χ0n) is 16.6. The maximum atomic E-state index is 12.3. The summed E-state index contributed by atoms with van der Waals surface area (Å²) in [5, 5.41) is 8.85. The quantitative estimate of drug-likeness (QED) is 0.534. The molecular weight excluding hydrogens is 424 g/mol.